The smallest absolute Gasteiger partial charge is 0.223 e. The highest BCUT2D eigenvalue weighted by atomic mass is 35.5. The summed E-state index contributed by atoms with van der Waals surface area (Å²) in [5.74, 6) is 1.26. The highest BCUT2D eigenvalue weighted by Crippen LogP contribution is 2.19. The van der Waals surface area contributed by atoms with Gasteiger partial charge in [0, 0.05) is 25.6 Å². The predicted molar refractivity (Wildman–Crippen MR) is 106 cm³/mol. The van der Waals surface area contributed by atoms with Crippen LogP contribution in [-0.4, -0.2) is 50.1 Å². The van der Waals surface area contributed by atoms with E-state index >= 15 is 0 Å². The normalized spacial score (nSPS) is 22.0. The summed E-state index contributed by atoms with van der Waals surface area (Å²) in [5, 5.41) is 6.48. The van der Waals surface area contributed by atoms with E-state index in [0.29, 0.717) is 0 Å². The molecule has 0 aromatic heterocycles. The number of hydrogen-bond acceptors (Lipinski definition) is 3. The molecule has 1 amide bonds. The fourth-order valence-corrected chi connectivity index (χ4v) is 3.49. The third-order valence-corrected chi connectivity index (χ3v) is 4.92. The Kier molecular flexibility index (Phi) is 12.8. The molecule has 0 radical (unpaired) electrons. The van der Waals surface area contributed by atoms with Crippen LogP contribution < -0.4 is 10.6 Å². The fourth-order valence-electron chi connectivity index (χ4n) is 3.49. The van der Waals surface area contributed by atoms with Crippen LogP contribution in [0.5, 0.6) is 0 Å². The Bertz CT molecular complexity index is 380. The molecule has 1 unspecified atom stereocenters. The molecule has 1 atom stereocenters. The molecular formula is C18H35Cl2N3O. The van der Waals surface area contributed by atoms with Crippen LogP contribution in [0.4, 0.5) is 0 Å². The third kappa shape index (κ3) is 8.70. The van der Waals surface area contributed by atoms with E-state index in [4.69, 9.17) is 0 Å². The molecule has 6 heteroatoms. The van der Waals surface area contributed by atoms with Crippen molar-refractivity contribution in [1.29, 1.82) is 0 Å². The van der Waals surface area contributed by atoms with Gasteiger partial charge in [0.1, 0.15) is 0 Å². The SMILES string of the molecule is CC(C)=CCN1CCCC(CCNC(=O)C2CCNCC2)C1.Cl.Cl. The topological polar surface area (TPSA) is 44.4 Å². The van der Waals surface area contributed by atoms with Crippen LogP contribution in [-0.2, 0) is 4.79 Å². The van der Waals surface area contributed by atoms with Gasteiger partial charge in [-0.05, 0) is 71.5 Å². The number of hydrogen-bond donors (Lipinski definition) is 2. The molecule has 2 rings (SSSR count). The maximum Gasteiger partial charge on any atom is 0.223 e. The molecular weight excluding hydrogens is 345 g/mol. The Morgan fingerprint density at radius 1 is 1.21 bits per heavy atom. The van der Waals surface area contributed by atoms with Gasteiger partial charge < -0.3 is 10.6 Å². The van der Waals surface area contributed by atoms with Crippen molar-refractivity contribution in [2.24, 2.45) is 11.8 Å². The van der Waals surface area contributed by atoms with Crippen LogP contribution in [0.2, 0.25) is 0 Å². The summed E-state index contributed by atoms with van der Waals surface area (Å²) < 4.78 is 0. The maximum atomic E-state index is 12.1. The second-order valence-electron chi connectivity index (χ2n) is 7.15. The van der Waals surface area contributed by atoms with Crippen LogP contribution >= 0.6 is 24.8 Å². The number of halogens is 2. The summed E-state index contributed by atoms with van der Waals surface area (Å²) in [6.45, 7) is 10.6. The molecule has 0 bridgehead atoms. The molecule has 2 aliphatic rings. The summed E-state index contributed by atoms with van der Waals surface area (Å²) >= 11 is 0. The molecule has 0 spiro atoms. The highest BCUT2D eigenvalue weighted by molar-refractivity contribution is 5.85. The van der Waals surface area contributed by atoms with E-state index in [1.807, 2.05) is 0 Å². The van der Waals surface area contributed by atoms with E-state index in [0.717, 1.165) is 51.4 Å². The van der Waals surface area contributed by atoms with Crippen molar-refractivity contribution in [3.63, 3.8) is 0 Å². The Morgan fingerprint density at radius 3 is 2.58 bits per heavy atom. The van der Waals surface area contributed by atoms with Gasteiger partial charge in [-0.15, -0.1) is 24.8 Å². The third-order valence-electron chi connectivity index (χ3n) is 4.92. The van der Waals surface area contributed by atoms with Gasteiger partial charge in [-0.25, -0.2) is 0 Å². The zero-order valence-electron chi connectivity index (χ0n) is 15.2. The molecule has 2 N–H and O–H groups in total. The summed E-state index contributed by atoms with van der Waals surface area (Å²) in [6, 6.07) is 0. The van der Waals surface area contributed by atoms with Gasteiger partial charge in [0.05, 0.1) is 0 Å². The van der Waals surface area contributed by atoms with Crippen molar-refractivity contribution in [2.45, 2.75) is 46.0 Å². The zero-order chi connectivity index (χ0) is 15.8. The van der Waals surface area contributed by atoms with Crippen LogP contribution in [0, 0.1) is 11.8 Å². The van der Waals surface area contributed by atoms with Gasteiger partial charge in [-0.3, -0.25) is 9.69 Å². The first-order chi connectivity index (χ1) is 10.6. The van der Waals surface area contributed by atoms with Crippen LogP contribution in [0.15, 0.2) is 11.6 Å². The first-order valence-electron chi connectivity index (χ1n) is 8.99. The first kappa shape index (κ1) is 23.7. The second kappa shape index (κ2) is 13.0. The van der Waals surface area contributed by atoms with Gasteiger partial charge in [0.25, 0.3) is 0 Å². The van der Waals surface area contributed by atoms with Crippen LogP contribution in [0.25, 0.3) is 0 Å². The van der Waals surface area contributed by atoms with Gasteiger partial charge >= 0.3 is 0 Å². The van der Waals surface area contributed by atoms with Crippen molar-refractivity contribution in [3.8, 4) is 0 Å². The minimum absolute atomic E-state index is 0. The molecule has 4 nitrogen and oxygen atoms in total. The number of likely N-dealkylation sites (tertiary alicyclic amines) is 1. The number of nitrogens with one attached hydrogen (secondary N) is 2. The maximum absolute atomic E-state index is 12.1. The van der Waals surface area contributed by atoms with E-state index in [1.54, 1.807) is 0 Å². The minimum Gasteiger partial charge on any atom is -0.356 e. The van der Waals surface area contributed by atoms with Crippen LogP contribution in [0.1, 0.15) is 46.0 Å². The predicted octanol–water partition coefficient (Wildman–Crippen LogP) is 3.01. The number of rotatable bonds is 6. The van der Waals surface area contributed by atoms with Gasteiger partial charge in [-0.1, -0.05) is 11.6 Å². The molecule has 2 heterocycles. The van der Waals surface area contributed by atoms with E-state index in [1.165, 1.54) is 31.5 Å². The summed E-state index contributed by atoms with van der Waals surface area (Å²) in [4.78, 5) is 14.7. The van der Waals surface area contributed by atoms with Crippen molar-refractivity contribution in [2.75, 3.05) is 39.3 Å². The molecule has 2 aliphatic heterocycles. The molecule has 2 saturated heterocycles. The summed E-state index contributed by atoms with van der Waals surface area (Å²) in [7, 11) is 0. The Morgan fingerprint density at radius 2 is 1.92 bits per heavy atom. The number of amides is 1. The molecule has 24 heavy (non-hydrogen) atoms. The molecule has 142 valence electrons. The van der Waals surface area contributed by atoms with Crippen molar-refractivity contribution >= 4 is 30.7 Å². The monoisotopic (exact) mass is 379 g/mol. The molecule has 0 aromatic rings. The quantitative estimate of drug-likeness (QED) is 0.697. The minimum atomic E-state index is 0. The number of carbonyl (C=O) groups excluding carboxylic acids is 1. The van der Waals surface area contributed by atoms with E-state index in [2.05, 4.69) is 35.5 Å². The lowest BCUT2D eigenvalue weighted by Crippen LogP contribution is -2.40. The van der Waals surface area contributed by atoms with Gasteiger partial charge in [0.2, 0.25) is 5.91 Å². The largest absolute Gasteiger partial charge is 0.356 e. The lowest BCUT2D eigenvalue weighted by molar-refractivity contribution is -0.125. The fraction of sp³-hybridized carbons (Fsp3) is 0.833. The van der Waals surface area contributed by atoms with E-state index in [9.17, 15) is 4.79 Å². The molecule has 0 aliphatic carbocycles. The average Bonchev–Trinajstić information content (AvgIpc) is 2.54. The second-order valence-corrected chi connectivity index (χ2v) is 7.15. The van der Waals surface area contributed by atoms with Crippen molar-refractivity contribution in [3.05, 3.63) is 11.6 Å². The Hall–Kier alpha value is -0.290. The zero-order valence-corrected chi connectivity index (χ0v) is 16.8. The van der Waals surface area contributed by atoms with Crippen LogP contribution in [0.3, 0.4) is 0 Å². The average molecular weight is 380 g/mol. The van der Waals surface area contributed by atoms with Gasteiger partial charge in [-0.2, -0.15) is 0 Å². The number of nitrogens with zero attached hydrogens (tertiary/aromatic N) is 1. The Labute approximate surface area is 160 Å². The van der Waals surface area contributed by atoms with E-state index in [-0.39, 0.29) is 36.6 Å². The highest BCUT2D eigenvalue weighted by Gasteiger charge is 2.22. The standard InChI is InChI=1S/C18H33N3O.2ClH/c1-15(2)8-13-21-12-3-4-16(14-21)5-11-20-18(22)17-6-9-19-10-7-17;;/h8,16-17,19H,3-7,9-14H2,1-2H3,(H,20,22);2*1H. The number of piperidine rings is 2. The molecule has 2 fully saturated rings. The van der Waals surface area contributed by atoms with Crippen molar-refractivity contribution in [1.82, 2.24) is 15.5 Å². The Balaban J connectivity index is 0.00000264. The molecule has 0 aromatic carbocycles. The number of allylic oxidation sites excluding steroid dienone is 1. The summed E-state index contributed by atoms with van der Waals surface area (Å²) in [5.41, 5.74) is 1.40. The lowest BCUT2D eigenvalue weighted by Gasteiger charge is -2.32. The van der Waals surface area contributed by atoms with Gasteiger partial charge in [0.15, 0.2) is 0 Å². The lowest BCUT2D eigenvalue weighted by atomic mass is 9.94. The van der Waals surface area contributed by atoms with Crippen molar-refractivity contribution < 1.29 is 4.79 Å². The number of carbonyl (C=O) groups is 1. The molecule has 0 saturated carbocycles. The van der Waals surface area contributed by atoms with E-state index < -0.39 is 0 Å². The summed E-state index contributed by atoms with van der Waals surface area (Å²) in [6.07, 6.45) is 8.04. The first-order valence-corrected chi connectivity index (χ1v) is 8.99.